The van der Waals surface area contributed by atoms with Crippen molar-refractivity contribution in [2.24, 2.45) is 0 Å². The molecule has 0 unspecified atom stereocenters. The zero-order valence-electron chi connectivity index (χ0n) is 15.4. The summed E-state index contributed by atoms with van der Waals surface area (Å²) in [5, 5.41) is 5.71. The van der Waals surface area contributed by atoms with Crippen LogP contribution in [-0.4, -0.2) is 21.9 Å². The van der Waals surface area contributed by atoms with Crippen molar-refractivity contribution in [2.45, 2.75) is 13.5 Å². The van der Waals surface area contributed by atoms with Gasteiger partial charge in [-0.3, -0.25) is 4.79 Å². The topological polar surface area (TPSA) is 57.0 Å². The lowest BCUT2D eigenvalue weighted by atomic mass is 10.2. The van der Waals surface area contributed by atoms with Gasteiger partial charge in [0.1, 0.15) is 0 Å². The van der Waals surface area contributed by atoms with Crippen molar-refractivity contribution in [1.82, 2.24) is 14.8 Å². The molecule has 2 heterocycles. The summed E-state index contributed by atoms with van der Waals surface area (Å²) in [6, 6.07) is 21.3. The van der Waals surface area contributed by atoms with Crippen LogP contribution in [0.4, 0.5) is 0 Å². The van der Waals surface area contributed by atoms with Crippen molar-refractivity contribution >= 4 is 10.8 Å². The summed E-state index contributed by atoms with van der Waals surface area (Å²) in [5.41, 5.74) is 2.12. The number of benzene rings is 2. The molecule has 0 atom stereocenters. The van der Waals surface area contributed by atoms with E-state index in [-0.39, 0.29) is 5.56 Å². The highest BCUT2D eigenvalue weighted by atomic mass is 16.5. The normalized spacial score (nSPS) is 10.1. The van der Waals surface area contributed by atoms with E-state index in [0.29, 0.717) is 17.8 Å². The molecule has 0 saturated carbocycles. The zero-order chi connectivity index (χ0) is 19.1. The van der Waals surface area contributed by atoms with Crippen LogP contribution in [0, 0.1) is 6.92 Å². The van der Waals surface area contributed by atoms with Gasteiger partial charge in [0.25, 0.3) is 5.56 Å². The maximum absolute atomic E-state index is 12.3. The molecule has 4 aromatic rings. The third-order valence-electron chi connectivity index (χ3n) is 4.04. The number of pyridine rings is 1. The second kappa shape index (κ2) is 8.76. The maximum Gasteiger partial charge on any atom is 0.274 e. The molecule has 0 radical (unpaired) electrons. The lowest BCUT2D eigenvalue weighted by Gasteiger charge is -2.06. The van der Waals surface area contributed by atoms with E-state index in [9.17, 15) is 4.79 Å². The van der Waals surface area contributed by atoms with E-state index in [4.69, 9.17) is 4.74 Å². The molecular formula is C22H21N3O2. The first kappa shape index (κ1) is 18.3. The molecule has 0 bridgehead atoms. The smallest absolute Gasteiger partial charge is 0.274 e. The van der Waals surface area contributed by atoms with Gasteiger partial charge in [0.15, 0.2) is 0 Å². The molecule has 5 nitrogen and oxygen atoms in total. The minimum atomic E-state index is -0.0982. The second-order valence-corrected chi connectivity index (χ2v) is 6.06. The third-order valence-corrected chi connectivity index (χ3v) is 4.04. The van der Waals surface area contributed by atoms with Gasteiger partial charge in [0.05, 0.1) is 25.2 Å². The molecular weight excluding hydrogens is 338 g/mol. The Labute approximate surface area is 157 Å². The van der Waals surface area contributed by atoms with Crippen LogP contribution in [0.2, 0.25) is 0 Å². The number of nitrogens with zero attached hydrogens (tertiary/aromatic N) is 3. The first-order chi connectivity index (χ1) is 13.2. The van der Waals surface area contributed by atoms with Crippen molar-refractivity contribution in [3.63, 3.8) is 0 Å². The van der Waals surface area contributed by atoms with Crippen LogP contribution in [-0.2, 0) is 6.54 Å². The Morgan fingerprint density at radius 3 is 2.30 bits per heavy atom. The summed E-state index contributed by atoms with van der Waals surface area (Å²) in [5.74, 6) is 0.549. The molecule has 136 valence electrons. The molecule has 0 spiro atoms. The third kappa shape index (κ3) is 4.79. The van der Waals surface area contributed by atoms with E-state index >= 15 is 0 Å². The number of ether oxygens (including phenoxy) is 1. The van der Waals surface area contributed by atoms with Gasteiger partial charge in [-0.05, 0) is 18.6 Å². The molecule has 4 rings (SSSR count). The highest BCUT2D eigenvalue weighted by Crippen LogP contribution is 2.09. The fourth-order valence-electron chi connectivity index (χ4n) is 2.57. The predicted molar refractivity (Wildman–Crippen MR) is 107 cm³/mol. The predicted octanol–water partition coefficient (Wildman–Crippen LogP) is 3.84. The van der Waals surface area contributed by atoms with Crippen LogP contribution in [0.1, 0.15) is 11.1 Å². The van der Waals surface area contributed by atoms with E-state index in [1.807, 2.05) is 48.5 Å². The van der Waals surface area contributed by atoms with Gasteiger partial charge >= 0.3 is 0 Å². The number of rotatable bonds is 3. The quantitative estimate of drug-likeness (QED) is 0.558. The van der Waals surface area contributed by atoms with E-state index in [1.54, 1.807) is 25.6 Å². The van der Waals surface area contributed by atoms with Gasteiger partial charge in [-0.15, -0.1) is 0 Å². The van der Waals surface area contributed by atoms with E-state index in [2.05, 4.69) is 29.1 Å². The number of aryl methyl sites for hydroxylation is 1. The summed E-state index contributed by atoms with van der Waals surface area (Å²) >= 11 is 0. The van der Waals surface area contributed by atoms with Crippen molar-refractivity contribution < 1.29 is 4.74 Å². The minimum Gasteiger partial charge on any atom is -0.481 e. The maximum atomic E-state index is 12.3. The monoisotopic (exact) mass is 359 g/mol. The molecule has 2 aromatic carbocycles. The largest absolute Gasteiger partial charge is 0.481 e. The van der Waals surface area contributed by atoms with Crippen molar-refractivity contribution in [2.75, 3.05) is 7.11 Å². The Bertz CT molecular complexity index is 1060. The van der Waals surface area contributed by atoms with Gasteiger partial charge in [0, 0.05) is 17.6 Å². The van der Waals surface area contributed by atoms with Crippen molar-refractivity contribution in [3.05, 3.63) is 101 Å². The zero-order valence-corrected chi connectivity index (χ0v) is 15.4. The Kier molecular flexibility index (Phi) is 5.94. The van der Waals surface area contributed by atoms with Gasteiger partial charge in [-0.25, -0.2) is 9.67 Å². The molecule has 5 heteroatoms. The minimum absolute atomic E-state index is 0.0982. The summed E-state index contributed by atoms with van der Waals surface area (Å²) in [4.78, 5) is 16.4. The molecule has 2 aromatic heterocycles. The average molecular weight is 359 g/mol. The Balaban J connectivity index is 0.000000253. The van der Waals surface area contributed by atoms with Crippen LogP contribution < -0.4 is 10.3 Å². The first-order valence-electron chi connectivity index (χ1n) is 8.63. The van der Waals surface area contributed by atoms with E-state index < -0.39 is 0 Å². The molecule has 0 aliphatic carbocycles. The molecule has 0 aliphatic heterocycles. The fourth-order valence-corrected chi connectivity index (χ4v) is 2.57. The Morgan fingerprint density at radius 2 is 1.67 bits per heavy atom. The van der Waals surface area contributed by atoms with Gasteiger partial charge in [-0.2, -0.15) is 5.10 Å². The molecule has 0 aliphatic rings. The van der Waals surface area contributed by atoms with E-state index in [1.165, 1.54) is 10.2 Å². The van der Waals surface area contributed by atoms with Crippen LogP contribution >= 0.6 is 0 Å². The van der Waals surface area contributed by atoms with E-state index in [0.717, 1.165) is 10.9 Å². The molecule has 0 N–H and O–H groups in total. The number of fused-ring (bicyclic) bond motifs is 1. The highest BCUT2D eigenvalue weighted by Gasteiger charge is 2.04. The standard InChI is InChI=1S/C15H13N3O2.C7H8/c1-20-14-7-6-11(8-16-14)10-18-15(19)13-5-3-2-4-12(13)9-17-18;1-7-5-3-2-4-6-7/h2-9H,10H2,1H3;2-6H,1H3. The van der Waals surface area contributed by atoms with Gasteiger partial charge < -0.3 is 4.74 Å². The van der Waals surface area contributed by atoms with Gasteiger partial charge in [0.2, 0.25) is 5.88 Å². The van der Waals surface area contributed by atoms with Crippen LogP contribution in [0.25, 0.3) is 10.8 Å². The SMILES string of the molecule is COc1ccc(Cn2ncc3ccccc3c2=O)cn1.Cc1ccccc1. The number of hydrogen-bond donors (Lipinski definition) is 0. The Hall–Kier alpha value is -3.47. The lowest BCUT2D eigenvalue weighted by molar-refractivity contribution is 0.397. The van der Waals surface area contributed by atoms with Crippen LogP contribution in [0.15, 0.2) is 83.9 Å². The van der Waals surface area contributed by atoms with Gasteiger partial charge in [-0.1, -0.05) is 60.2 Å². The highest BCUT2D eigenvalue weighted by molar-refractivity contribution is 5.80. The fraction of sp³-hybridized carbons (Fsp3) is 0.136. The second-order valence-electron chi connectivity index (χ2n) is 6.06. The summed E-state index contributed by atoms with van der Waals surface area (Å²) in [6.07, 6.45) is 3.38. The molecule has 0 saturated heterocycles. The average Bonchev–Trinajstić information content (AvgIpc) is 2.72. The molecule has 0 fully saturated rings. The molecule has 0 amide bonds. The number of methoxy groups -OCH3 is 1. The summed E-state index contributed by atoms with van der Waals surface area (Å²) in [7, 11) is 1.57. The number of hydrogen-bond acceptors (Lipinski definition) is 4. The molecule has 27 heavy (non-hydrogen) atoms. The summed E-state index contributed by atoms with van der Waals surface area (Å²) < 4.78 is 6.44. The van der Waals surface area contributed by atoms with Crippen molar-refractivity contribution in [1.29, 1.82) is 0 Å². The van der Waals surface area contributed by atoms with Crippen LogP contribution in [0.3, 0.4) is 0 Å². The van der Waals surface area contributed by atoms with Crippen LogP contribution in [0.5, 0.6) is 5.88 Å². The van der Waals surface area contributed by atoms with Crippen molar-refractivity contribution in [3.8, 4) is 5.88 Å². The lowest BCUT2D eigenvalue weighted by Crippen LogP contribution is -2.23. The first-order valence-corrected chi connectivity index (χ1v) is 8.63. The number of aromatic nitrogens is 3. The Morgan fingerprint density at radius 1 is 0.926 bits per heavy atom. The summed E-state index contributed by atoms with van der Waals surface area (Å²) in [6.45, 7) is 2.47.